The molecular weight excluding hydrogens is 124 g/mol. The Morgan fingerprint density at radius 3 is 2.80 bits per heavy atom. The van der Waals surface area contributed by atoms with E-state index in [-0.39, 0.29) is 6.10 Å². The standard InChI is InChI=1S/C9H14O/c1-7-4-3-5-9(6-7)8(2)10/h3-5,8-10H,6H2,1-2H3. The van der Waals surface area contributed by atoms with Gasteiger partial charge in [-0.3, -0.25) is 0 Å². The van der Waals surface area contributed by atoms with Crippen molar-refractivity contribution in [3.63, 3.8) is 0 Å². The van der Waals surface area contributed by atoms with Gasteiger partial charge in [0.1, 0.15) is 0 Å². The Kier molecular flexibility index (Phi) is 2.28. The molecule has 1 aliphatic carbocycles. The molecule has 0 saturated heterocycles. The van der Waals surface area contributed by atoms with Gasteiger partial charge in [-0.05, 0) is 20.3 Å². The summed E-state index contributed by atoms with van der Waals surface area (Å²) in [6, 6.07) is 0. The minimum absolute atomic E-state index is 0.208. The molecule has 0 aliphatic heterocycles. The third-order valence-electron chi connectivity index (χ3n) is 1.92. The van der Waals surface area contributed by atoms with E-state index in [1.807, 2.05) is 13.0 Å². The summed E-state index contributed by atoms with van der Waals surface area (Å²) in [5, 5.41) is 9.22. The molecule has 1 aliphatic rings. The summed E-state index contributed by atoms with van der Waals surface area (Å²) in [5.41, 5.74) is 1.36. The highest BCUT2D eigenvalue weighted by Crippen LogP contribution is 2.20. The Morgan fingerprint density at radius 1 is 1.70 bits per heavy atom. The van der Waals surface area contributed by atoms with Crippen LogP contribution in [-0.4, -0.2) is 11.2 Å². The van der Waals surface area contributed by atoms with Crippen LogP contribution in [0.4, 0.5) is 0 Å². The molecule has 0 aromatic rings. The number of hydrogen-bond acceptors (Lipinski definition) is 1. The predicted octanol–water partition coefficient (Wildman–Crippen LogP) is 1.89. The molecule has 0 saturated carbocycles. The molecule has 0 bridgehead atoms. The first-order valence-electron chi connectivity index (χ1n) is 3.72. The Labute approximate surface area is 62.1 Å². The minimum atomic E-state index is -0.208. The fourth-order valence-corrected chi connectivity index (χ4v) is 1.20. The molecule has 0 radical (unpaired) electrons. The molecule has 2 unspecified atom stereocenters. The van der Waals surface area contributed by atoms with Crippen LogP contribution in [0.5, 0.6) is 0 Å². The average molecular weight is 138 g/mol. The van der Waals surface area contributed by atoms with Crippen LogP contribution in [0.25, 0.3) is 0 Å². The van der Waals surface area contributed by atoms with Crippen LogP contribution < -0.4 is 0 Å². The van der Waals surface area contributed by atoms with Crippen molar-refractivity contribution >= 4 is 0 Å². The number of aliphatic hydroxyl groups excluding tert-OH is 1. The van der Waals surface area contributed by atoms with E-state index in [4.69, 9.17) is 0 Å². The summed E-state index contributed by atoms with van der Waals surface area (Å²) in [6.45, 7) is 3.94. The molecule has 10 heavy (non-hydrogen) atoms. The lowest BCUT2D eigenvalue weighted by atomic mass is 9.91. The highest BCUT2D eigenvalue weighted by molar-refractivity contribution is 5.18. The van der Waals surface area contributed by atoms with Gasteiger partial charge >= 0.3 is 0 Å². The fourth-order valence-electron chi connectivity index (χ4n) is 1.20. The molecule has 0 heterocycles. The van der Waals surface area contributed by atoms with Crippen molar-refractivity contribution < 1.29 is 5.11 Å². The second kappa shape index (κ2) is 3.02. The van der Waals surface area contributed by atoms with Gasteiger partial charge in [-0.25, -0.2) is 0 Å². The van der Waals surface area contributed by atoms with Gasteiger partial charge in [-0.2, -0.15) is 0 Å². The number of allylic oxidation sites excluding steroid dienone is 3. The number of hydrogen-bond donors (Lipinski definition) is 1. The van der Waals surface area contributed by atoms with Crippen molar-refractivity contribution in [3.8, 4) is 0 Å². The van der Waals surface area contributed by atoms with Crippen LogP contribution in [0.15, 0.2) is 23.8 Å². The lowest BCUT2D eigenvalue weighted by molar-refractivity contribution is 0.148. The predicted molar refractivity (Wildman–Crippen MR) is 42.7 cm³/mol. The maximum Gasteiger partial charge on any atom is 0.0577 e. The first-order chi connectivity index (χ1) is 4.70. The van der Waals surface area contributed by atoms with Gasteiger partial charge in [-0.1, -0.05) is 23.8 Å². The monoisotopic (exact) mass is 138 g/mol. The quantitative estimate of drug-likeness (QED) is 0.586. The van der Waals surface area contributed by atoms with E-state index in [0.717, 1.165) is 6.42 Å². The Hall–Kier alpha value is -0.560. The molecule has 1 nitrogen and oxygen atoms in total. The molecule has 0 aromatic heterocycles. The Balaban J connectivity index is 2.55. The van der Waals surface area contributed by atoms with Crippen molar-refractivity contribution in [3.05, 3.63) is 23.8 Å². The first kappa shape index (κ1) is 7.55. The summed E-state index contributed by atoms with van der Waals surface area (Å²) in [6.07, 6.45) is 6.99. The highest BCUT2D eigenvalue weighted by Gasteiger charge is 2.13. The summed E-state index contributed by atoms with van der Waals surface area (Å²) in [5.74, 6) is 0.338. The maximum absolute atomic E-state index is 9.22. The van der Waals surface area contributed by atoms with Crippen LogP contribution in [-0.2, 0) is 0 Å². The lowest BCUT2D eigenvalue weighted by Gasteiger charge is -2.18. The van der Waals surface area contributed by atoms with Gasteiger partial charge in [0, 0.05) is 5.92 Å². The SMILES string of the molecule is CC1=CC=CC(C(C)O)C1. The van der Waals surface area contributed by atoms with Gasteiger partial charge in [-0.15, -0.1) is 0 Å². The number of rotatable bonds is 1. The van der Waals surface area contributed by atoms with E-state index in [0.29, 0.717) is 5.92 Å². The molecule has 0 fully saturated rings. The molecule has 1 heteroatoms. The summed E-state index contributed by atoms with van der Waals surface area (Å²) >= 11 is 0. The van der Waals surface area contributed by atoms with E-state index in [1.165, 1.54) is 5.57 Å². The fraction of sp³-hybridized carbons (Fsp3) is 0.556. The zero-order chi connectivity index (χ0) is 7.56. The van der Waals surface area contributed by atoms with E-state index in [1.54, 1.807) is 0 Å². The van der Waals surface area contributed by atoms with Crippen LogP contribution >= 0.6 is 0 Å². The van der Waals surface area contributed by atoms with Gasteiger partial charge < -0.3 is 5.11 Å². The third kappa shape index (κ3) is 1.71. The van der Waals surface area contributed by atoms with Crippen LogP contribution in [0, 0.1) is 5.92 Å². The molecule has 56 valence electrons. The lowest BCUT2D eigenvalue weighted by Crippen LogP contribution is -2.15. The largest absolute Gasteiger partial charge is 0.393 e. The zero-order valence-electron chi connectivity index (χ0n) is 6.54. The number of aliphatic hydroxyl groups is 1. The van der Waals surface area contributed by atoms with E-state index < -0.39 is 0 Å². The van der Waals surface area contributed by atoms with Crippen LogP contribution in [0.2, 0.25) is 0 Å². The van der Waals surface area contributed by atoms with Crippen molar-refractivity contribution in [2.24, 2.45) is 5.92 Å². The molecule has 0 amide bonds. The summed E-state index contributed by atoms with van der Waals surface area (Å²) < 4.78 is 0. The minimum Gasteiger partial charge on any atom is -0.393 e. The zero-order valence-corrected chi connectivity index (χ0v) is 6.54. The molecular formula is C9H14O. The van der Waals surface area contributed by atoms with Gasteiger partial charge in [0.2, 0.25) is 0 Å². The van der Waals surface area contributed by atoms with E-state index >= 15 is 0 Å². The second-order valence-corrected chi connectivity index (χ2v) is 3.01. The average Bonchev–Trinajstić information content (AvgIpc) is 1.88. The second-order valence-electron chi connectivity index (χ2n) is 3.01. The van der Waals surface area contributed by atoms with Crippen LogP contribution in [0.1, 0.15) is 20.3 Å². The Morgan fingerprint density at radius 2 is 2.40 bits per heavy atom. The highest BCUT2D eigenvalue weighted by atomic mass is 16.3. The molecule has 0 aromatic carbocycles. The molecule has 1 rings (SSSR count). The van der Waals surface area contributed by atoms with Crippen molar-refractivity contribution in [2.45, 2.75) is 26.4 Å². The summed E-state index contributed by atoms with van der Waals surface area (Å²) in [7, 11) is 0. The van der Waals surface area contributed by atoms with E-state index in [2.05, 4.69) is 19.1 Å². The van der Waals surface area contributed by atoms with Gasteiger partial charge in [0.15, 0.2) is 0 Å². The Bertz CT molecular complexity index is 166. The van der Waals surface area contributed by atoms with E-state index in [9.17, 15) is 5.11 Å². The molecule has 1 N–H and O–H groups in total. The first-order valence-corrected chi connectivity index (χ1v) is 3.72. The third-order valence-corrected chi connectivity index (χ3v) is 1.92. The maximum atomic E-state index is 9.22. The van der Waals surface area contributed by atoms with Gasteiger partial charge in [0.25, 0.3) is 0 Å². The van der Waals surface area contributed by atoms with Crippen molar-refractivity contribution in [1.82, 2.24) is 0 Å². The topological polar surface area (TPSA) is 20.2 Å². The molecule has 2 atom stereocenters. The molecule has 0 spiro atoms. The van der Waals surface area contributed by atoms with Crippen LogP contribution in [0.3, 0.4) is 0 Å². The van der Waals surface area contributed by atoms with Crippen molar-refractivity contribution in [2.75, 3.05) is 0 Å². The van der Waals surface area contributed by atoms with Gasteiger partial charge in [0.05, 0.1) is 6.10 Å². The normalized spacial score (nSPS) is 27.9. The summed E-state index contributed by atoms with van der Waals surface area (Å²) in [4.78, 5) is 0. The van der Waals surface area contributed by atoms with Crippen molar-refractivity contribution in [1.29, 1.82) is 0 Å². The smallest absolute Gasteiger partial charge is 0.0577 e.